The van der Waals surface area contributed by atoms with Gasteiger partial charge in [0.25, 0.3) is 5.91 Å². The highest BCUT2D eigenvalue weighted by atomic mass is 31.1. The third kappa shape index (κ3) is 2.93. The second-order valence-electron chi connectivity index (χ2n) is 8.30. The summed E-state index contributed by atoms with van der Waals surface area (Å²) in [5.41, 5.74) is 3.85. The van der Waals surface area contributed by atoms with Crippen molar-refractivity contribution in [1.82, 2.24) is 20.1 Å². The average molecular weight is 406 g/mol. The lowest BCUT2D eigenvalue weighted by molar-refractivity contribution is -0.123. The molecule has 1 N–H and O–H groups in total. The van der Waals surface area contributed by atoms with Gasteiger partial charge in [0, 0.05) is 45.4 Å². The first kappa shape index (κ1) is 17.4. The first-order valence-corrected chi connectivity index (χ1v) is 11.3. The summed E-state index contributed by atoms with van der Waals surface area (Å²) in [5.74, 6) is 2.29. The minimum absolute atomic E-state index is 0.0560. The molecule has 2 aromatic rings. The van der Waals surface area contributed by atoms with Crippen LogP contribution in [0, 0.1) is 18.8 Å². The van der Waals surface area contributed by atoms with Crippen molar-refractivity contribution in [2.45, 2.75) is 12.7 Å². The first-order valence-electron chi connectivity index (χ1n) is 10.2. The maximum absolute atomic E-state index is 12.9. The predicted octanol–water partition coefficient (Wildman–Crippen LogP) is 2.89. The maximum atomic E-state index is 12.9. The number of hydrogen-bond donors (Lipinski definition) is 1. The van der Waals surface area contributed by atoms with E-state index in [0.29, 0.717) is 14.5 Å². The second kappa shape index (κ2) is 6.54. The maximum Gasteiger partial charge on any atom is 0.252 e. The van der Waals surface area contributed by atoms with Crippen LogP contribution >= 0.6 is 8.58 Å². The fraction of sp³-hybridized carbons (Fsp3) is 0.364. The molecule has 6 nitrogen and oxygen atoms in total. The van der Waals surface area contributed by atoms with Crippen molar-refractivity contribution in [3.8, 4) is 0 Å². The van der Waals surface area contributed by atoms with E-state index in [0.717, 1.165) is 60.0 Å². The number of oxazole rings is 1. The minimum Gasteiger partial charge on any atom is -0.441 e. The molecule has 2 fully saturated rings. The van der Waals surface area contributed by atoms with Gasteiger partial charge < -0.3 is 19.5 Å². The van der Waals surface area contributed by atoms with Crippen LogP contribution in [0.3, 0.4) is 0 Å². The van der Waals surface area contributed by atoms with Crippen LogP contribution in [0.4, 0.5) is 0 Å². The van der Waals surface area contributed by atoms with E-state index in [9.17, 15) is 4.79 Å². The standard InChI is InChI=1S/C22H23N4O2P/c1-13-24-18-4-2-14(6-19(18)28-13)20-7-21(27)26-12-17(3-5-22(26)29-20)25-10-15-8-23-9-16(15)11-25/h2-7,12,15-16,22-23,29H,8-11H2,1H3/t15-,16?,22?/m0/s1. The molecule has 0 radical (unpaired) electrons. The number of likely N-dealkylation sites (tertiary alicyclic amines) is 1. The number of nitrogens with zero attached hydrogens (tertiary/aromatic N) is 3. The van der Waals surface area contributed by atoms with Crippen molar-refractivity contribution in [3.05, 3.63) is 59.8 Å². The number of rotatable bonds is 2. The number of amides is 1. The van der Waals surface area contributed by atoms with Gasteiger partial charge >= 0.3 is 0 Å². The van der Waals surface area contributed by atoms with E-state index in [-0.39, 0.29) is 11.7 Å². The van der Waals surface area contributed by atoms with E-state index in [1.807, 2.05) is 30.0 Å². The van der Waals surface area contributed by atoms with Gasteiger partial charge in [0.15, 0.2) is 11.5 Å². The number of hydrogen-bond acceptors (Lipinski definition) is 5. The first-order chi connectivity index (χ1) is 14.1. The molecule has 2 saturated heterocycles. The Morgan fingerprint density at radius 2 is 2.07 bits per heavy atom. The van der Waals surface area contributed by atoms with Crippen LogP contribution in [0.2, 0.25) is 0 Å². The van der Waals surface area contributed by atoms with Crippen LogP contribution in [0.5, 0.6) is 0 Å². The third-order valence-corrected chi connectivity index (χ3v) is 7.92. The Hall–Kier alpha value is -2.43. The molecule has 4 aliphatic heterocycles. The minimum atomic E-state index is 0.0560. The van der Waals surface area contributed by atoms with Gasteiger partial charge in [0.2, 0.25) is 0 Å². The second-order valence-corrected chi connectivity index (χ2v) is 9.72. The number of aromatic nitrogens is 1. The summed E-state index contributed by atoms with van der Waals surface area (Å²) in [6.07, 6.45) is 8.25. The lowest BCUT2D eigenvalue weighted by Crippen LogP contribution is -2.37. The molecule has 7 heteroatoms. The number of allylic oxidation sites excluding steroid dienone is 1. The van der Waals surface area contributed by atoms with Gasteiger partial charge in [-0.15, -0.1) is 0 Å². The number of fused-ring (bicyclic) bond motifs is 3. The van der Waals surface area contributed by atoms with Crippen LogP contribution < -0.4 is 5.32 Å². The summed E-state index contributed by atoms with van der Waals surface area (Å²) < 4.78 is 5.67. The van der Waals surface area contributed by atoms with E-state index in [4.69, 9.17) is 4.42 Å². The van der Waals surface area contributed by atoms with E-state index < -0.39 is 0 Å². The molecule has 1 aromatic carbocycles. The molecule has 29 heavy (non-hydrogen) atoms. The Bertz CT molecular complexity index is 1090. The summed E-state index contributed by atoms with van der Waals surface area (Å²) in [5, 5.41) is 4.57. The van der Waals surface area contributed by atoms with Crippen molar-refractivity contribution in [2.75, 3.05) is 26.2 Å². The summed E-state index contributed by atoms with van der Waals surface area (Å²) >= 11 is 0. The Kier molecular flexibility index (Phi) is 3.93. The van der Waals surface area contributed by atoms with Crippen LogP contribution in [-0.2, 0) is 4.79 Å². The van der Waals surface area contributed by atoms with E-state index >= 15 is 0 Å². The molecule has 148 valence electrons. The largest absolute Gasteiger partial charge is 0.441 e. The molecule has 1 amide bonds. The summed E-state index contributed by atoms with van der Waals surface area (Å²) in [4.78, 5) is 21.7. The highest BCUT2D eigenvalue weighted by Crippen LogP contribution is 2.45. The van der Waals surface area contributed by atoms with E-state index in [2.05, 4.69) is 33.6 Å². The lowest BCUT2D eigenvalue weighted by Gasteiger charge is -2.35. The fourth-order valence-corrected chi connectivity index (χ4v) is 6.27. The zero-order valence-electron chi connectivity index (χ0n) is 16.3. The number of carbonyl (C=O) groups is 1. The molecule has 0 spiro atoms. The molecular weight excluding hydrogens is 383 g/mol. The summed E-state index contributed by atoms with van der Waals surface area (Å²) in [7, 11) is 0.509. The molecular formula is C22H23N4O2P. The molecule has 1 aromatic heterocycles. The molecule has 0 aliphatic carbocycles. The van der Waals surface area contributed by atoms with Crippen LogP contribution in [-0.4, -0.2) is 52.7 Å². The SMILES string of the molecule is Cc1nc2ccc(C3=CC(=O)N4C=C(N5CC6CNC[C@H]6C5)C=CC4P3)cc2o1. The fourth-order valence-electron chi connectivity index (χ4n) is 4.89. The number of nitrogens with one attached hydrogen (secondary N) is 1. The normalized spacial score (nSPS) is 29.4. The van der Waals surface area contributed by atoms with Crippen LogP contribution in [0.25, 0.3) is 16.4 Å². The zero-order chi connectivity index (χ0) is 19.5. The number of aryl methyl sites for hydroxylation is 1. The Labute approximate surface area is 171 Å². The molecule has 4 aliphatic rings. The molecule has 5 heterocycles. The van der Waals surface area contributed by atoms with Gasteiger partial charge in [0.1, 0.15) is 5.52 Å². The Morgan fingerprint density at radius 3 is 2.90 bits per heavy atom. The van der Waals surface area contributed by atoms with Crippen molar-refractivity contribution < 1.29 is 9.21 Å². The molecule has 0 bridgehead atoms. The average Bonchev–Trinajstić information content (AvgIpc) is 3.40. The van der Waals surface area contributed by atoms with Crippen molar-refractivity contribution in [2.24, 2.45) is 11.8 Å². The molecule has 6 rings (SSSR count). The molecule has 0 saturated carbocycles. The van der Waals surface area contributed by atoms with Gasteiger partial charge in [-0.3, -0.25) is 4.79 Å². The molecule has 4 atom stereocenters. The Morgan fingerprint density at radius 1 is 1.24 bits per heavy atom. The van der Waals surface area contributed by atoms with E-state index in [1.54, 1.807) is 6.08 Å². The van der Waals surface area contributed by atoms with Crippen molar-refractivity contribution in [3.63, 3.8) is 0 Å². The van der Waals surface area contributed by atoms with Gasteiger partial charge in [-0.25, -0.2) is 4.98 Å². The smallest absolute Gasteiger partial charge is 0.252 e. The van der Waals surface area contributed by atoms with Crippen molar-refractivity contribution >= 4 is 30.9 Å². The van der Waals surface area contributed by atoms with Crippen molar-refractivity contribution in [1.29, 1.82) is 0 Å². The monoisotopic (exact) mass is 406 g/mol. The van der Waals surface area contributed by atoms with Crippen LogP contribution in [0.1, 0.15) is 11.5 Å². The highest BCUT2D eigenvalue weighted by Gasteiger charge is 2.38. The van der Waals surface area contributed by atoms with Crippen LogP contribution in [0.15, 0.2) is 52.7 Å². The molecule has 3 unspecified atom stereocenters. The van der Waals surface area contributed by atoms with Gasteiger partial charge in [-0.2, -0.15) is 0 Å². The quantitative estimate of drug-likeness (QED) is 0.778. The number of carbonyl (C=O) groups excluding carboxylic acids is 1. The van der Waals surface area contributed by atoms with Gasteiger partial charge in [0.05, 0.1) is 11.5 Å². The van der Waals surface area contributed by atoms with Gasteiger partial charge in [-0.05, 0) is 40.9 Å². The number of benzene rings is 1. The van der Waals surface area contributed by atoms with Gasteiger partial charge in [-0.1, -0.05) is 20.7 Å². The Balaban J connectivity index is 1.26. The third-order valence-electron chi connectivity index (χ3n) is 6.41. The lowest BCUT2D eigenvalue weighted by atomic mass is 10.0. The summed E-state index contributed by atoms with van der Waals surface area (Å²) in [6.45, 7) is 6.25. The highest BCUT2D eigenvalue weighted by molar-refractivity contribution is 7.51. The topological polar surface area (TPSA) is 61.6 Å². The van der Waals surface area contributed by atoms with E-state index in [1.165, 1.54) is 5.70 Å². The predicted molar refractivity (Wildman–Crippen MR) is 114 cm³/mol. The zero-order valence-corrected chi connectivity index (χ0v) is 17.3. The summed E-state index contributed by atoms with van der Waals surface area (Å²) in [6, 6.07) is 6.01.